The largest absolute Gasteiger partial charge is 0.478 e. The lowest BCUT2D eigenvalue weighted by atomic mass is 10.2. The zero-order chi connectivity index (χ0) is 15.4. The molecule has 0 radical (unpaired) electrons. The first-order chi connectivity index (χ1) is 9.97. The van der Waals surface area contributed by atoms with Crippen LogP contribution in [-0.4, -0.2) is 28.9 Å². The highest BCUT2D eigenvalue weighted by Crippen LogP contribution is 2.19. The molecule has 2 rings (SSSR count). The summed E-state index contributed by atoms with van der Waals surface area (Å²) in [5.41, 5.74) is 1.76. The highest BCUT2D eigenvalue weighted by molar-refractivity contribution is 7.11. The molecule has 0 spiro atoms. The smallest absolute Gasteiger partial charge is 0.328 e. The fourth-order valence-electron chi connectivity index (χ4n) is 1.83. The van der Waals surface area contributed by atoms with Crippen molar-refractivity contribution in [2.75, 3.05) is 7.05 Å². The van der Waals surface area contributed by atoms with Gasteiger partial charge < -0.3 is 14.4 Å². The average molecular weight is 305 g/mol. The third-order valence-electron chi connectivity index (χ3n) is 2.89. The Kier molecular flexibility index (Phi) is 4.59. The number of carboxylic acid groups (broad SMARTS) is 1. The van der Waals surface area contributed by atoms with Gasteiger partial charge in [-0.2, -0.15) is 0 Å². The molecular weight excluding hydrogens is 290 g/mol. The minimum atomic E-state index is -0.981. The molecular formula is C15H15NO4S. The second kappa shape index (κ2) is 6.41. The van der Waals surface area contributed by atoms with Crippen LogP contribution in [-0.2, 0) is 11.3 Å². The maximum atomic E-state index is 12.2. The maximum absolute atomic E-state index is 12.2. The Balaban J connectivity index is 2.03. The van der Waals surface area contributed by atoms with Crippen LogP contribution < -0.4 is 0 Å². The topological polar surface area (TPSA) is 70.8 Å². The van der Waals surface area contributed by atoms with E-state index in [-0.39, 0.29) is 5.91 Å². The molecule has 1 amide bonds. The molecule has 0 saturated heterocycles. The lowest BCUT2D eigenvalue weighted by Crippen LogP contribution is -2.26. The second-order valence-corrected chi connectivity index (χ2v) is 5.57. The van der Waals surface area contributed by atoms with E-state index in [1.807, 2.05) is 18.4 Å². The van der Waals surface area contributed by atoms with Gasteiger partial charge in [0.25, 0.3) is 5.91 Å². The van der Waals surface area contributed by atoms with Crippen molar-refractivity contribution in [2.45, 2.75) is 13.5 Å². The number of aryl methyl sites for hydroxylation is 1. The van der Waals surface area contributed by atoms with Crippen LogP contribution in [0.15, 0.2) is 34.3 Å². The highest BCUT2D eigenvalue weighted by Gasteiger charge is 2.17. The van der Waals surface area contributed by atoms with Gasteiger partial charge >= 0.3 is 5.97 Å². The molecule has 110 valence electrons. The normalized spacial score (nSPS) is 11.0. The number of furan rings is 1. The van der Waals surface area contributed by atoms with Crippen molar-refractivity contribution < 1.29 is 19.1 Å². The van der Waals surface area contributed by atoms with E-state index in [2.05, 4.69) is 0 Å². The quantitative estimate of drug-likeness (QED) is 0.862. The fourth-order valence-corrected chi connectivity index (χ4v) is 2.63. The maximum Gasteiger partial charge on any atom is 0.328 e. The van der Waals surface area contributed by atoms with Crippen molar-refractivity contribution in [1.82, 2.24) is 4.90 Å². The molecule has 0 fully saturated rings. The summed E-state index contributed by atoms with van der Waals surface area (Å²) < 4.78 is 5.19. The van der Waals surface area contributed by atoms with Gasteiger partial charge in [0.05, 0.1) is 6.26 Å². The zero-order valence-electron chi connectivity index (χ0n) is 11.7. The van der Waals surface area contributed by atoms with Crippen molar-refractivity contribution in [3.8, 4) is 0 Å². The lowest BCUT2D eigenvalue weighted by molar-refractivity contribution is -0.131. The first-order valence-corrected chi connectivity index (χ1v) is 7.13. The van der Waals surface area contributed by atoms with E-state index in [9.17, 15) is 9.59 Å². The van der Waals surface area contributed by atoms with Crippen molar-refractivity contribution >= 4 is 29.3 Å². The molecule has 1 N–H and O–H groups in total. The van der Waals surface area contributed by atoms with Gasteiger partial charge in [-0.25, -0.2) is 4.79 Å². The fraction of sp³-hybridized carbons (Fsp3) is 0.200. The van der Waals surface area contributed by atoms with E-state index in [0.717, 1.165) is 22.1 Å². The summed E-state index contributed by atoms with van der Waals surface area (Å²) in [5, 5.41) is 10.5. The molecule has 21 heavy (non-hydrogen) atoms. The van der Waals surface area contributed by atoms with Crippen LogP contribution in [0.1, 0.15) is 26.6 Å². The molecule has 2 aromatic heterocycles. The summed E-state index contributed by atoms with van der Waals surface area (Å²) in [6.07, 6.45) is 4.13. The van der Waals surface area contributed by atoms with Gasteiger partial charge in [-0.3, -0.25) is 4.79 Å². The summed E-state index contributed by atoms with van der Waals surface area (Å²) in [4.78, 5) is 25.1. The SMILES string of the molecule is Cc1ccoc1C(=O)N(C)Cc1csc(C=CC(=O)O)c1. The summed E-state index contributed by atoms with van der Waals surface area (Å²) in [6, 6.07) is 3.61. The first-order valence-electron chi connectivity index (χ1n) is 6.25. The Morgan fingerprint density at radius 3 is 2.86 bits per heavy atom. The molecule has 5 nitrogen and oxygen atoms in total. The molecule has 0 aliphatic heterocycles. The molecule has 0 aromatic carbocycles. The minimum absolute atomic E-state index is 0.175. The lowest BCUT2D eigenvalue weighted by Gasteiger charge is -2.15. The van der Waals surface area contributed by atoms with E-state index < -0.39 is 5.97 Å². The molecule has 0 aliphatic rings. The standard InChI is InChI=1S/C15H15NO4S/c1-10-5-6-20-14(10)15(19)16(2)8-11-7-12(21-9-11)3-4-13(17)18/h3-7,9H,8H2,1-2H3,(H,17,18). The number of amides is 1. The van der Waals surface area contributed by atoms with Crippen molar-refractivity contribution in [3.63, 3.8) is 0 Å². The Morgan fingerprint density at radius 1 is 1.48 bits per heavy atom. The van der Waals surface area contributed by atoms with Crippen LogP contribution in [0.4, 0.5) is 0 Å². The second-order valence-electron chi connectivity index (χ2n) is 4.62. The van der Waals surface area contributed by atoms with E-state index >= 15 is 0 Å². The van der Waals surface area contributed by atoms with E-state index in [4.69, 9.17) is 9.52 Å². The molecule has 0 atom stereocenters. The van der Waals surface area contributed by atoms with Gasteiger partial charge in [0.2, 0.25) is 0 Å². The van der Waals surface area contributed by atoms with E-state index in [0.29, 0.717) is 12.3 Å². The van der Waals surface area contributed by atoms with Crippen molar-refractivity contribution in [3.05, 3.63) is 51.6 Å². The summed E-state index contributed by atoms with van der Waals surface area (Å²) in [5.74, 6) is -0.810. The van der Waals surface area contributed by atoms with Crippen LogP contribution in [0, 0.1) is 6.92 Å². The molecule has 6 heteroatoms. The Labute approximate surface area is 126 Å². The van der Waals surface area contributed by atoms with Crippen LogP contribution in [0.2, 0.25) is 0 Å². The number of carbonyl (C=O) groups is 2. The summed E-state index contributed by atoms with van der Waals surface area (Å²) in [7, 11) is 1.70. The predicted molar refractivity (Wildman–Crippen MR) is 80.2 cm³/mol. The van der Waals surface area contributed by atoms with Gasteiger partial charge in [-0.05, 0) is 36.1 Å². The Hall–Kier alpha value is -2.34. The highest BCUT2D eigenvalue weighted by atomic mass is 32.1. The molecule has 2 aromatic rings. The predicted octanol–water partition coefficient (Wildman–Crippen LogP) is 3.02. The van der Waals surface area contributed by atoms with Crippen LogP contribution >= 0.6 is 11.3 Å². The number of thiophene rings is 1. The summed E-state index contributed by atoms with van der Waals surface area (Å²) in [6.45, 7) is 2.26. The minimum Gasteiger partial charge on any atom is -0.478 e. The molecule has 0 unspecified atom stereocenters. The molecule has 0 bridgehead atoms. The summed E-state index contributed by atoms with van der Waals surface area (Å²) >= 11 is 1.43. The van der Waals surface area contributed by atoms with Gasteiger partial charge in [-0.1, -0.05) is 0 Å². The van der Waals surface area contributed by atoms with Crippen molar-refractivity contribution in [2.24, 2.45) is 0 Å². The Morgan fingerprint density at radius 2 is 2.24 bits per heavy atom. The number of aliphatic carboxylic acids is 1. The van der Waals surface area contributed by atoms with Gasteiger partial charge in [-0.15, -0.1) is 11.3 Å². The van der Waals surface area contributed by atoms with E-state index in [1.54, 1.807) is 18.0 Å². The van der Waals surface area contributed by atoms with Crippen LogP contribution in [0.25, 0.3) is 6.08 Å². The third kappa shape index (κ3) is 3.82. The number of nitrogens with zero attached hydrogens (tertiary/aromatic N) is 1. The van der Waals surface area contributed by atoms with Gasteiger partial charge in [0, 0.05) is 30.1 Å². The average Bonchev–Trinajstić information content (AvgIpc) is 3.04. The molecule has 0 saturated carbocycles. The number of rotatable bonds is 5. The van der Waals surface area contributed by atoms with E-state index in [1.165, 1.54) is 23.7 Å². The molecule has 0 aliphatic carbocycles. The number of hydrogen-bond donors (Lipinski definition) is 1. The number of hydrogen-bond acceptors (Lipinski definition) is 4. The van der Waals surface area contributed by atoms with Crippen LogP contribution in [0.5, 0.6) is 0 Å². The van der Waals surface area contributed by atoms with Gasteiger partial charge in [0.1, 0.15) is 0 Å². The molecule has 2 heterocycles. The van der Waals surface area contributed by atoms with Gasteiger partial charge in [0.15, 0.2) is 5.76 Å². The Bertz CT molecular complexity index is 683. The number of carboxylic acids is 1. The third-order valence-corrected chi connectivity index (χ3v) is 3.83. The first kappa shape index (κ1) is 15.1. The van der Waals surface area contributed by atoms with Crippen molar-refractivity contribution in [1.29, 1.82) is 0 Å². The zero-order valence-corrected chi connectivity index (χ0v) is 12.5. The number of carbonyl (C=O) groups excluding carboxylic acids is 1. The van der Waals surface area contributed by atoms with Crippen LogP contribution in [0.3, 0.4) is 0 Å². The monoisotopic (exact) mass is 305 g/mol.